The fourth-order valence-corrected chi connectivity index (χ4v) is 4.61. The zero-order valence-electron chi connectivity index (χ0n) is 22.3. The van der Waals surface area contributed by atoms with Gasteiger partial charge in [0.05, 0.1) is 12.3 Å². The van der Waals surface area contributed by atoms with Crippen LogP contribution in [0, 0.1) is 6.92 Å². The summed E-state index contributed by atoms with van der Waals surface area (Å²) in [4.78, 5) is 28.6. The lowest BCUT2D eigenvalue weighted by atomic mass is 10.1. The summed E-state index contributed by atoms with van der Waals surface area (Å²) < 4.78 is 5.90. The number of anilines is 3. The second kappa shape index (κ2) is 13.0. The van der Waals surface area contributed by atoms with Crippen LogP contribution in [0.25, 0.3) is 11.3 Å². The largest absolute Gasteiger partial charge is 0.494 e. The average Bonchev–Trinajstić information content (AvgIpc) is 2.98. The third-order valence-electron chi connectivity index (χ3n) is 6.81. The van der Waals surface area contributed by atoms with E-state index in [1.165, 1.54) is 32.4 Å². The van der Waals surface area contributed by atoms with E-state index < -0.39 is 0 Å². The van der Waals surface area contributed by atoms with Crippen LogP contribution in [0.1, 0.15) is 41.6 Å². The highest BCUT2D eigenvalue weighted by molar-refractivity contribution is 6.05. The van der Waals surface area contributed by atoms with Crippen molar-refractivity contribution in [2.45, 2.75) is 32.6 Å². The van der Waals surface area contributed by atoms with Gasteiger partial charge in [-0.15, -0.1) is 0 Å². The summed E-state index contributed by atoms with van der Waals surface area (Å²) in [5.41, 5.74) is 4.65. The molecule has 1 saturated heterocycles. The Morgan fingerprint density at radius 1 is 1.00 bits per heavy atom. The van der Waals surface area contributed by atoms with Crippen molar-refractivity contribution < 1.29 is 9.53 Å². The van der Waals surface area contributed by atoms with Crippen LogP contribution >= 0.6 is 0 Å². The van der Waals surface area contributed by atoms with Gasteiger partial charge in [0, 0.05) is 47.6 Å². The molecule has 0 atom stereocenters. The maximum absolute atomic E-state index is 13.0. The van der Waals surface area contributed by atoms with Gasteiger partial charge in [-0.3, -0.25) is 9.78 Å². The summed E-state index contributed by atoms with van der Waals surface area (Å²) in [5, 5.41) is 6.22. The number of aromatic nitrogens is 3. The fourth-order valence-electron chi connectivity index (χ4n) is 4.61. The number of hydrogen-bond acceptors (Lipinski definition) is 7. The van der Waals surface area contributed by atoms with Crippen molar-refractivity contribution in [1.82, 2.24) is 19.9 Å². The predicted octanol–water partition coefficient (Wildman–Crippen LogP) is 6.10. The van der Waals surface area contributed by atoms with Gasteiger partial charge in [-0.05, 0) is 99.4 Å². The van der Waals surface area contributed by atoms with Crippen LogP contribution in [0.4, 0.5) is 17.3 Å². The lowest BCUT2D eigenvalue weighted by Crippen LogP contribution is -2.31. The van der Waals surface area contributed by atoms with Crippen LogP contribution in [-0.4, -0.2) is 52.0 Å². The molecule has 1 aliphatic rings. The number of pyridine rings is 1. The Bertz CT molecular complexity index is 1370. The van der Waals surface area contributed by atoms with Crippen LogP contribution in [0.5, 0.6) is 5.75 Å². The van der Waals surface area contributed by atoms with Crippen molar-refractivity contribution in [1.29, 1.82) is 0 Å². The Hall–Kier alpha value is -4.30. The number of amides is 1. The minimum atomic E-state index is -0.196. The van der Waals surface area contributed by atoms with Gasteiger partial charge in [0.1, 0.15) is 5.75 Å². The SMILES string of the molecule is Cc1ccc(C(=O)Nc2ccc(OCCCN3CCCCC3)cc2)cc1Nc1nccc(-c2cccnc2)n1. The highest BCUT2D eigenvalue weighted by Gasteiger charge is 2.12. The van der Waals surface area contributed by atoms with Crippen molar-refractivity contribution >= 4 is 23.2 Å². The number of rotatable bonds is 10. The minimum absolute atomic E-state index is 0.196. The van der Waals surface area contributed by atoms with E-state index in [4.69, 9.17) is 4.74 Å². The van der Waals surface area contributed by atoms with Crippen LogP contribution in [-0.2, 0) is 0 Å². The Labute approximate surface area is 229 Å². The highest BCUT2D eigenvalue weighted by atomic mass is 16.5. The van der Waals surface area contributed by atoms with E-state index in [-0.39, 0.29) is 5.91 Å². The fraction of sp³-hybridized carbons (Fsp3) is 0.290. The quantitative estimate of drug-likeness (QED) is 0.243. The molecule has 200 valence electrons. The van der Waals surface area contributed by atoms with Crippen LogP contribution < -0.4 is 15.4 Å². The number of ether oxygens (including phenoxy) is 1. The first-order valence-corrected chi connectivity index (χ1v) is 13.5. The second-order valence-electron chi connectivity index (χ2n) is 9.74. The zero-order chi connectivity index (χ0) is 26.9. The van der Waals surface area contributed by atoms with E-state index in [9.17, 15) is 4.79 Å². The van der Waals surface area contributed by atoms with Gasteiger partial charge >= 0.3 is 0 Å². The zero-order valence-corrected chi connectivity index (χ0v) is 22.3. The molecule has 1 fully saturated rings. The molecular formula is C31H34N6O2. The molecule has 2 aromatic carbocycles. The van der Waals surface area contributed by atoms with E-state index in [0.717, 1.165) is 41.2 Å². The van der Waals surface area contributed by atoms with Crippen molar-refractivity contribution in [3.8, 4) is 17.0 Å². The molecule has 0 spiro atoms. The summed E-state index contributed by atoms with van der Waals surface area (Å²) in [6.45, 7) is 6.17. The smallest absolute Gasteiger partial charge is 0.255 e. The monoisotopic (exact) mass is 522 g/mol. The van der Waals surface area contributed by atoms with E-state index in [2.05, 4.69) is 30.5 Å². The topological polar surface area (TPSA) is 92.3 Å². The van der Waals surface area contributed by atoms with Crippen molar-refractivity contribution in [2.24, 2.45) is 0 Å². The molecule has 1 aliphatic heterocycles. The Morgan fingerprint density at radius 3 is 2.64 bits per heavy atom. The maximum atomic E-state index is 13.0. The molecule has 8 nitrogen and oxygen atoms in total. The van der Waals surface area contributed by atoms with Gasteiger partial charge in [-0.1, -0.05) is 12.5 Å². The lowest BCUT2D eigenvalue weighted by molar-refractivity contribution is 0.102. The van der Waals surface area contributed by atoms with Gasteiger partial charge in [-0.2, -0.15) is 0 Å². The highest BCUT2D eigenvalue weighted by Crippen LogP contribution is 2.23. The van der Waals surface area contributed by atoms with Crippen LogP contribution in [0.15, 0.2) is 79.3 Å². The first-order valence-electron chi connectivity index (χ1n) is 13.5. The van der Waals surface area contributed by atoms with Gasteiger partial charge in [0.15, 0.2) is 0 Å². The average molecular weight is 523 g/mol. The summed E-state index contributed by atoms with van der Waals surface area (Å²) in [5.74, 6) is 1.06. The summed E-state index contributed by atoms with van der Waals surface area (Å²) in [7, 11) is 0. The van der Waals surface area contributed by atoms with E-state index in [1.807, 2.05) is 67.6 Å². The molecule has 0 radical (unpaired) electrons. The van der Waals surface area contributed by atoms with Gasteiger partial charge in [0.25, 0.3) is 5.91 Å². The lowest BCUT2D eigenvalue weighted by Gasteiger charge is -2.26. The van der Waals surface area contributed by atoms with Crippen molar-refractivity contribution in [3.05, 3.63) is 90.4 Å². The predicted molar refractivity (Wildman–Crippen MR) is 155 cm³/mol. The first kappa shape index (κ1) is 26.3. The second-order valence-corrected chi connectivity index (χ2v) is 9.74. The number of piperidine rings is 1. The number of carbonyl (C=O) groups is 1. The van der Waals surface area contributed by atoms with Crippen LogP contribution in [0.3, 0.4) is 0 Å². The first-order chi connectivity index (χ1) is 19.1. The van der Waals surface area contributed by atoms with E-state index in [0.29, 0.717) is 23.8 Å². The Kier molecular flexibility index (Phi) is 8.75. The molecule has 5 rings (SSSR count). The molecule has 8 heteroatoms. The molecule has 0 saturated carbocycles. The van der Waals surface area contributed by atoms with Crippen molar-refractivity contribution in [2.75, 3.05) is 36.9 Å². The van der Waals surface area contributed by atoms with Gasteiger partial charge in [-0.25, -0.2) is 9.97 Å². The molecule has 2 aromatic heterocycles. The third-order valence-corrected chi connectivity index (χ3v) is 6.81. The number of nitrogens with one attached hydrogen (secondary N) is 2. The number of aryl methyl sites for hydroxylation is 1. The number of hydrogen-bond donors (Lipinski definition) is 2. The number of likely N-dealkylation sites (tertiary alicyclic amines) is 1. The molecular weight excluding hydrogens is 488 g/mol. The molecule has 2 N–H and O–H groups in total. The molecule has 0 aliphatic carbocycles. The maximum Gasteiger partial charge on any atom is 0.255 e. The molecule has 0 bridgehead atoms. The molecule has 3 heterocycles. The molecule has 4 aromatic rings. The normalized spacial score (nSPS) is 13.6. The third kappa shape index (κ3) is 7.39. The van der Waals surface area contributed by atoms with E-state index in [1.54, 1.807) is 18.6 Å². The van der Waals surface area contributed by atoms with Gasteiger partial charge in [0.2, 0.25) is 5.95 Å². The van der Waals surface area contributed by atoms with Crippen LogP contribution in [0.2, 0.25) is 0 Å². The minimum Gasteiger partial charge on any atom is -0.494 e. The Balaban J connectivity index is 1.16. The number of carbonyl (C=O) groups excluding carboxylic acids is 1. The standard InChI is InChI=1S/C31H34N6O2/c1-23-8-9-24(21-29(23)36-31-33-16-14-28(35-31)25-7-5-15-32-22-25)30(38)34-26-10-12-27(13-11-26)39-20-6-19-37-17-3-2-4-18-37/h5,7-16,21-22H,2-4,6,17-20H2,1H3,(H,34,38)(H,33,35,36). The van der Waals surface area contributed by atoms with Gasteiger partial charge < -0.3 is 20.3 Å². The van der Waals surface area contributed by atoms with Crippen molar-refractivity contribution in [3.63, 3.8) is 0 Å². The number of benzene rings is 2. The van der Waals surface area contributed by atoms with E-state index >= 15 is 0 Å². The molecule has 39 heavy (non-hydrogen) atoms. The molecule has 0 unspecified atom stereocenters. The Morgan fingerprint density at radius 2 is 1.85 bits per heavy atom. The summed E-state index contributed by atoms with van der Waals surface area (Å²) in [6, 6.07) is 18.7. The summed E-state index contributed by atoms with van der Waals surface area (Å²) >= 11 is 0. The molecule has 1 amide bonds. The summed E-state index contributed by atoms with van der Waals surface area (Å²) in [6.07, 6.45) is 10.2. The number of nitrogens with zero attached hydrogens (tertiary/aromatic N) is 4.